The van der Waals surface area contributed by atoms with Gasteiger partial charge in [0.25, 0.3) is 0 Å². The molecule has 2 atom stereocenters. The lowest BCUT2D eigenvalue weighted by atomic mass is 9.88. The monoisotopic (exact) mass is 243 g/mol. The summed E-state index contributed by atoms with van der Waals surface area (Å²) in [5, 5.41) is 9.82. The zero-order valence-corrected chi connectivity index (χ0v) is 11.4. The molecule has 4 heteroatoms. The molecule has 1 aliphatic rings. The number of aliphatic hydroxyl groups is 1. The highest BCUT2D eigenvalue weighted by molar-refractivity contribution is 5.76. The van der Waals surface area contributed by atoms with Crippen molar-refractivity contribution in [2.45, 2.75) is 39.7 Å². The summed E-state index contributed by atoms with van der Waals surface area (Å²) < 4.78 is 4.82. The molecule has 17 heavy (non-hydrogen) atoms. The Labute approximate surface area is 104 Å². The molecule has 0 radical (unpaired) electrons. The lowest BCUT2D eigenvalue weighted by molar-refractivity contribution is -0.152. The summed E-state index contributed by atoms with van der Waals surface area (Å²) in [5.74, 6) is 0.161. The molecule has 1 rings (SSSR count). The number of hydrogen-bond acceptors (Lipinski definition) is 4. The fourth-order valence-electron chi connectivity index (χ4n) is 2.54. The minimum absolute atomic E-state index is 0.170. The van der Waals surface area contributed by atoms with E-state index in [-0.39, 0.29) is 12.1 Å². The van der Waals surface area contributed by atoms with E-state index in [0.29, 0.717) is 12.5 Å². The third-order valence-corrected chi connectivity index (χ3v) is 3.66. The number of methoxy groups -OCH3 is 1. The number of carbonyl (C=O) groups excluding carboxylic acids is 1. The molecule has 0 aromatic heterocycles. The number of carbonyl (C=O) groups is 1. The number of hydrogen-bond donors (Lipinski definition) is 1. The molecule has 0 amide bonds. The third-order valence-electron chi connectivity index (χ3n) is 3.66. The summed E-state index contributed by atoms with van der Waals surface area (Å²) in [4.78, 5) is 13.9. The first-order chi connectivity index (χ1) is 7.90. The standard InChI is InChI=1S/C13H25NO3/c1-5-10-8-14(7-6-11(10)15)9-13(2,3)12(16)17-4/h10-11,15H,5-9H2,1-4H3. The zero-order chi connectivity index (χ0) is 13.1. The van der Waals surface area contributed by atoms with E-state index in [4.69, 9.17) is 4.74 Å². The molecule has 1 aliphatic heterocycles. The van der Waals surface area contributed by atoms with Crippen molar-refractivity contribution in [1.82, 2.24) is 4.90 Å². The molecule has 0 saturated carbocycles. The molecule has 1 heterocycles. The first-order valence-corrected chi connectivity index (χ1v) is 6.39. The van der Waals surface area contributed by atoms with Crippen LogP contribution in [0.25, 0.3) is 0 Å². The van der Waals surface area contributed by atoms with E-state index in [1.807, 2.05) is 13.8 Å². The Morgan fingerprint density at radius 1 is 1.53 bits per heavy atom. The van der Waals surface area contributed by atoms with E-state index in [0.717, 1.165) is 25.9 Å². The SMILES string of the molecule is CCC1CN(CC(C)(C)C(=O)OC)CCC1O. The van der Waals surface area contributed by atoms with Crippen molar-refractivity contribution < 1.29 is 14.6 Å². The molecule has 1 fully saturated rings. The van der Waals surface area contributed by atoms with Crippen LogP contribution in [0.1, 0.15) is 33.6 Å². The van der Waals surface area contributed by atoms with Crippen LogP contribution >= 0.6 is 0 Å². The van der Waals surface area contributed by atoms with Crippen LogP contribution in [0.3, 0.4) is 0 Å². The lowest BCUT2D eigenvalue weighted by Crippen LogP contribution is -2.48. The molecule has 2 unspecified atom stereocenters. The Hall–Kier alpha value is -0.610. The summed E-state index contributed by atoms with van der Waals surface area (Å²) in [6.07, 6.45) is 1.60. The first kappa shape index (κ1) is 14.5. The molecular weight excluding hydrogens is 218 g/mol. The molecule has 1 N–H and O–H groups in total. The number of rotatable bonds is 4. The highest BCUT2D eigenvalue weighted by Gasteiger charge is 2.34. The Morgan fingerprint density at radius 2 is 2.18 bits per heavy atom. The van der Waals surface area contributed by atoms with E-state index in [1.165, 1.54) is 7.11 Å². The fourth-order valence-corrected chi connectivity index (χ4v) is 2.54. The van der Waals surface area contributed by atoms with E-state index >= 15 is 0 Å². The van der Waals surface area contributed by atoms with E-state index in [2.05, 4.69) is 11.8 Å². The van der Waals surface area contributed by atoms with Crippen molar-refractivity contribution in [3.8, 4) is 0 Å². The van der Waals surface area contributed by atoms with Crippen LogP contribution in [0.4, 0.5) is 0 Å². The van der Waals surface area contributed by atoms with Gasteiger partial charge in [-0.15, -0.1) is 0 Å². The second-order valence-corrected chi connectivity index (χ2v) is 5.63. The summed E-state index contributed by atoms with van der Waals surface area (Å²) in [6, 6.07) is 0. The van der Waals surface area contributed by atoms with Crippen molar-refractivity contribution in [3.63, 3.8) is 0 Å². The third kappa shape index (κ3) is 3.68. The summed E-state index contributed by atoms with van der Waals surface area (Å²) in [5.41, 5.74) is -0.477. The van der Waals surface area contributed by atoms with Crippen LogP contribution in [-0.4, -0.2) is 48.8 Å². The molecular formula is C13H25NO3. The van der Waals surface area contributed by atoms with Crippen molar-refractivity contribution in [2.75, 3.05) is 26.7 Å². The van der Waals surface area contributed by atoms with E-state index in [9.17, 15) is 9.90 Å². The number of esters is 1. The molecule has 0 aromatic rings. The highest BCUT2D eigenvalue weighted by Crippen LogP contribution is 2.25. The Balaban J connectivity index is 2.55. The summed E-state index contributed by atoms with van der Waals surface area (Å²) >= 11 is 0. The number of likely N-dealkylation sites (tertiary alicyclic amines) is 1. The average Bonchev–Trinajstić information content (AvgIpc) is 2.30. The zero-order valence-electron chi connectivity index (χ0n) is 11.4. The quantitative estimate of drug-likeness (QED) is 0.756. The molecule has 0 aromatic carbocycles. The number of aliphatic hydroxyl groups excluding tert-OH is 1. The Morgan fingerprint density at radius 3 is 2.71 bits per heavy atom. The van der Waals surface area contributed by atoms with Crippen molar-refractivity contribution >= 4 is 5.97 Å². The molecule has 1 saturated heterocycles. The predicted octanol–water partition coefficient (Wildman–Crippen LogP) is 1.28. The second-order valence-electron chi connectivity index (χ2n) is 5.63. The van der Waals surface area contributed by atoms with E-state index < -0.39 is 5.41 Å². The van der Waals surface area contributed by atoms with Crippen LogP contribution in [0.2, 0.25) is 0 Å². The molecule has 100 valence electrons. The van der Waals surface area contributed by atoms with Crippen LogP contribution < -0.4 is 0 Å². The lowest BCUT2D eigenvalue weighted by Gasteiger charge is -2.38. The van der Waals surface area contributed by atoms with Gasteiger partial charge in [-0.25, -0.2) is 0 Å². The van der Waals surface area contributed by atoms with Crippen molar-refractivity contribution in [2.24, 2.45) is 11.3 Å². The van der Waals surface area contributed by atoms with Gasteiger partial charge in [0, 0.05) is 19.6 Å². The van der Waals surface area contributed by atoms with Gasteiger partial charge in [-0.05, 0) is 32.6 Å². The fraction of sp³-hybridized carbons (Fsp3) is 0.923. The van der Waals surface area contributed by atoms with Crippen LogP contribution in [0.5, 0.6) is 0 Å². The van der Waals surface area contributed by atoms with Gasteiger partial charge in [0.1, 0.15) is 0 Å². The molecule has 0 aliphatic carbocycles. The van der Waals surface area contributed by atoms with E-state index in [1.54, 1.807) is 0 Å². The van der Waals surface area contributed by atoms with Crippen molar-refractivity contribution in [1.29, 1.82) is 0 Å². The molecule has 4 nitrogen and oxygen atoms in total. The topological polar surface area (TPSA) is 49.8 Å². The molecule has 0 spiro atoms. The highest BCUT2D eigenvalue weighted by atomic mass is 16.5. The van der Waals surface area contributed by atoms with Gasteiger partial charge in [-0.3, -0.25) is 4.79 Å². The van der Waals surface area contributed by atoms with Gasteiger partial charge >= 0.3 is 5.97 Å². The summed E-state index contributed by atoms with van der Waals surface area (Å²) in [6.45, 7) is 8.34. The van der Waals surface area contributed by atoms with Gasteiger partial charge in [0.15, 0.2) is 0 Å². The Kier molecular flexibility index (Phi) is 4.95. The number of nitrogens with zero attached hydrogens (tertiary/aromatic N) is 1. The second kappa shape index (κ2) is 5.83. The van der Waals surface area contributed by atoms with Crippen LogP contribution in [-0.2, 0) is 9.53 Å². The summed E-state index contributed by atoms with van der Waals surface area (Å²) in [7, 11) is 1.43. The first-order valence-electron chi connectivity index (χ1n) is 6.39. The van der Waals surface area contributed by atoms with Gasteiger partial charge in [0.2, 0.25) is 0 Å². The normalized spacial score (nSPS) is 26.9. The predicted molar refractivity (Wildman–Crippen MR) is 66.6 cm³/mol. The maximum absolute atomic E-state index is 11.6. The minimum Gasteiger partial charge on any atom is -0.469 e. The number of ether oxygens (including phenoxy) is 1. The van der Waals surface area contributed by atoms with Gasteiger partial charge in [-0.1, -0.05) is 6.92 Å². The number of piperidine rings is 1. The van der Waals surface area contributed by atoms with Gasteiger partial charge in [-0.2, -0.15) is 0 Å². The van der Waals surface area contributed by atoms with Crippen LogP contribution in [0.15, 0.2) is 0 Å². The Bertz CT molecular complexity index is 265. The largest absolute Gasteiger partial charge is 0.469 e. The van der Waals surface area contributed by atoms with Gasteiger partial charge in [0.05, 0.1) is 18.6 Å². The maximum atomic E-state index is 11.6. The van der Waals surface area contributed by atoms with Gasteiger partial charge < -0.3 is 14.7 Å². The minimum atomic E-state index is -0.477. The maximum Gasteiger partial charge on any atom is 0.312 e. The van der Waals surface area contributed by atoms with Crippen LogP contribution in [0, 0.1) is 11.3 Å². The van der Waals surface area contributed by atoms with Crippen molar-refractivity contribution in [3.05, 3.63) is 0 Å². The smallest absolute Gasteiger partial charge is 0.312 e. The average molecular weight is 243 g/mol. The molecule has 0 bridgehead atoms.